The second-order valence-corrected chi connectivity index (χ2v) is 3.41. The smallest absolute Gasteiger partial charge is 0.146 e. The Labute approximate surface area is 81.9 Å². The molecule has 1 aliphatic rings. The molecule has 13 heavy (non-hydrogen) atoms. The molecule has 3 nitrogen and oxygen atoms in total. The lowest BCUT2D eigenvalue weighted by atomic mass is 10.2. The van der Waals surface area contributed by atoms with Gasteiger partial charge in [0.2, 0.25) is 0 Å². The topological polar surface area (TPSA) is 47.3 Å². The third kappa shape index (κ3) is 1.33. The number of thiocarbonyl (C=S) groups is 1. The van der Waals surface area contributed by atoms with Crippen LogP contribution >= 0.6 is 12.2 Å². The molecule has 1 aromatic rings. The molecule has 0 radical (unpaired) electrons. The molecule has 0 bridgehead atoms. The molecule has 1 unspecified atom stereocenters. The lowest BCUT2D eigenvalue weighted by molar-refractivity contribution is 0.286. The summed E-state index contributed by atoms with van der Waals surface area (Å²) in [6.07, 6.45) is -0.0794. The quantitative estimate of drug-likeness (QED) is 0.488. The molecule has 1 atom stereocenters. The molecule has 0 fully saturated rings. The van der Waals surface area contributed by atoms with Gasteiger partial charge < -0.3 is 15.8 Å². The Hall–Kier alpha value is -1.29. The van der Waals surface area contributed by atoms with Crippen molar-refractivity contribution >= 4 is 28.6 Å². The average Bonchev–Trinajstić information content (AvgIpc) is 2.09. The Balaban J connectivity index is 2.48. The maximum atomic E-state index is 5.75. The first-order valence-electron chi connectivity index (χ1n) is 4.04. The van der Waals surface area contributed by atoms with E-state index in [1.165, 1.54) is 0 Å². The van der Waals surface area contributed by atoms with Crippen LogP contribution in [0.3, 0.4) is 0 Å². The zero-order chi connectivity index (χ0) is 9.42. The molecular weight excluding hydrogens is 184 g/mol. The molecule has 3 N–H and O–H groups in total. The normalized spacial score (nSPS) is 20.1. The van der Waals surface area contributed by atoms with Crippen LogP contribution in [-0.4, -0.2) is 11.1 Å². The summed E-state index contributed by atoms with van der Waals surface area (Å²) in [5, 5.41) is 3.06. The Bertz CT molecular complexity index is 365. The maximum absolute atomic E-state index is 5.75. The van der Waals surface area contributed by atoms with Gasteiger partial charge in [0.1, 0.15) is 22.5 Å². The number of hydrogen-bond donors (Lipinski definition) is 2. The molecule has 0 saturated heterocycles. The Morgan fingerprint density at radius 1 is 1.54 bits per heavy atom. The standard InChI is InChI=1S/C9H10N2OS/c1-5-9(13)11-8-6(10)3-2-4-7(8)12-5/h2-5H,10H2,1H3,(H,11,13). The van der Waals surface area contributed by atoms with Gasteiger partial charge in [-0.15, -0.1) is 0 Å². The van der Waals surface area contributed by atoms with Crippen molar-refractivity contribution in [2.45, 2.75) is 13.0 Å². The van der Waals surface area contributed by atoms with Crippen molar-refractivity contribution in [3.05, 3.63) is 18.2 Å². The van der Waals surface area contributed by atoms with Crippen LogP contribution in [0.15, 0.2) is 18.2 Å². The molecule has 4 heteroatoms. The van der Waals surface area contributed by atoms with E-state index in [-0.39, 0.29) is 6.10 Å². The number of nitrogen functional groups attached to an aromatic ring is 1. The average molecular weight is 194 g/mol. The Morgan fingerprint density at radius 3 is 3.08 bits per heavy atom. The summed E-state index contributed by atoms with van der Waals surface area (Å²) >= 11 is 5.07. The lowest BCUT2D eigenvalue weighted by Crippen LogP contribution is -2.33. The van der Waals surface area contributed by atoms with Gasteiger partial charge in [-0.1, -0.05) is 18.3 Å². The number of para-hydroxylation sites is 1. The number of ether oxygens (including phenoxy) is 1. The van der Waals surface area contributed by atoms with Gasteiger partial charge in [0.05, 0.1) is 5.69 Å². The number of rotatable bonds is 0. The fourth-order valence-corrected chi connectivity index (χ4v) is 1.40. The number of nitrogens with two attached hydrogens (primary N) is 1. The van der Waals surface area contributed by atoms with Gasteiger partial charge in [0, 0.05) is 0 Å². The molecule has 0 aliphatic carbocycles. The fraction of sp³-hybridized carbons (Fsp3) is 0.222. The van der Waals surface area contributed by atoms with Crippen LogP contribution in [0.1, 0.15) is 6.92 Å². The van der Waals surface area contributed by atoms with E-state index < -0.39 is 0 Å². The van der Waals surface area contributed by atoms with Crippen molar-refractivity contribution in [2.24, 2.45) is 0 Å². The van der Waals surface area contributed by atoms with E-state index in [1.54, 1.807) is 0 Å². The summed E-state index contributed by atoms with van der Waals surface area (Å²) in [6, 6.07) is 5.54. The highest BCUT2D eigenvalue weighted by Crippen LogP contribution is 2.34. The van der Waals surface area contributed by atoms with Gasteiger partial charge >= 0.3 is 0 Å². The minimum Gasteiger partial charge on any atom is -0.481 e. The first kappa shape index (κ1) is 8.31. The van der Waals surface area contributed by atoms with E-state index in [4.69, 9.17) is 22.7 Å². The number of nitrogens with one attached hydrogen (secondary N) is 1. The van der Waals surface area contributed by atoms with Crippen LogP contribution < -0.4 is 15.8 Å². The summed E-state index contributed by atoms with van der Waals surface area (Å²) in [5.74, 6) is 0.765. The lowest BCUT2D eigenvalue weighted by Gasteiger charge is -2.26. The van der Waals surface area contributed by atoms with Crippen molar-refractivity contribution < 1.29 is 4.74 Å². The molecule has 1 aromatic carbocycles. The summed E-state index contributed by atoms with van der Waals surface area (Å²) in [7, 11) is 0. The van der Waals surface area contributed by atoms with Crippen molar-refractivity contribution in [2.75, 3.05) is 11.1 Å². The molecule has 68 valence electrons. The number of anilines is 2. The van der Waals surface area contributed by atoms with Crippen molar-refractivity contribution in [1.29, 1.82) is 0 Å². The van der Waals surface area contributed by atoms with E-state index in [0.717, 1.165) is 11.4 Å². The zero-order valence-corrected chi connectivity index (χ0v) is 8.02. The van der Waals surface area contributed by atoms with Crippen LogP contribution in [0.25, 0.3) is 0 Å². The van der Waals surface area contributed by atoms with Gasteiger partial charge in [0.25, 0.3) is 0 Å². The van der Waals surface area contributed by atoms with Crippen molar-refractivity contribution in [1.82, 2.24) is 0 Å². The van der Waals surface area contributed by atoms with E-state index in [2.05, 4.69) is 5.32 Å². The first-order valence-corrected chi connectivity index (χ1v) is 4.45. The Morgan fingerprint density at radius 2 is 2.31 bits per heavy atom. The van der Waals surface area contributed by atoms with Crippen LogP contribution in [0, 0.1) is 0 Å². The van der Waals surface area contributed by atoms with E-state index in [1.807, 2.05) is 25.1 Å². The van der Waals surface area contributed by atoms with Crippen LogP contribution in [0.2, 0.25) is 0 Å². The van der Waals surface area contributed by atoms with Crippen molar-refractivity contribution in [3.8, 4) is 5.75 Å². The third-order valence-corrected chi connectivity index (χ3v) is 2.41. The second kappa shape index (κ2) is 2.88. The first-order chi connectivity index (χ1) is 6.18. The van der Waals surface area contributed by atoms with Gasteiger partial charge in [-0.05, 0) is 19.1 Å². The highest BCUT2D eigenvalue weighted by Gasteiger charge is 2.21. The number of hydrogen-bond acceptors (Lipinski definition) is 3. The summed E-state index contributed by atoms with van der Waals surface area (Å²) in [5.41, 5.74) is 7.19. The van der Waals surface area contributed by atoms with E-state index in [9.17, 15) is 0 Å². The van der Waals surface area contributed by atoms with Gasteiger partial charge in [0.15, 0.2) is 0 Å². The van der Waals surface area contributed by atoms with E-state index >= 15 is 0 Å². The van der Waals surface area contributed by atoms with E-state index in [0.29, 0.717) is 10.7 Å². The second-order valence-electron chi connectivity index (χ2n) is 2.97. The SMILES string of the molecule is CC1Oc2cccc(N)c2NC1=S. The molecule has 0 aromatic heterocycles. The molecule has 0 spiro atoms. The minimum atomic E-state index is -0.0794. The predicted octanol–water partition coefficient (Wildman–Crippen LogP) is 1.79. The monoisotopic (exact) mass is 194 g/mol. The molecule has 1 aliphatic heterocycles. The largest absolute Gasteiger partial charge is 0.481 e. The van der Waals surface area contributed by atoms with Gasteiger partial charge in [-0.25, -0.2) is 0 Å². The molecular formula is C9H10N2OS. The minimum absolute atomic E-state index is 0.0794. The summed E-state index contributed by atoms with van der Waals surface area (Å²) < 4.78 is 5.54. The van der Waals surface area contributed by atoms with Gasteiger partial charge in [-0.2, -0.15) is 0 Å². The highest BCUT2D eigenvalue weighted by atomic mass is 32.1. The zero-order valence-electron chi connectivity index (χ0n) is 7.20. The fourth-order valence-electron chi connectivity index (χ4n) is 1.25. The van der Waals surface area contributed by atoms with Crippen LogP contribution in [0.4, 0.5) is 11.4 Å². The summed E-state index contributed by atoms with van der Waals surface area (Å²) in [6.45, 7) is 1.90. The van der Waals surface area contributed by atoms with Crippen molar-refractivity contribution in [3.63, 3.8) is 0 Å². The van der Waals surface area contributed by atoms with Crippen LogP contribution in [0.5, 0.6) is 5.75 Å². The highest BCUT2D eigenvalue weighted by molar-refractivity contribution is 7.80. The van der Waals surface area contributed by atoms with Crippen LogP contribution in [-0.2, 0) is 0 Å². The Kier molecular flexibility index (Phi) is 1.84. The predicted molar refractivity (Wildman–Crippen MR) is 57.2 cm³/mol. The number of fused-ring (bicyclic) bond motifs is 1. The number of benzene rings is 1. The maximum Gasteiger partial charge on any atom is 0.146 e. The molecule has 0 saturated carbocycles. The van der Waals surface area contributed by atoms with Gasteiger partial charge in [-0.3, -0.25) is 0 Å². The molecule has 0 amide bonds. The molecule has 1 heterocycles. The summed E-state index contributed by atoms with van der Waals surface area (Å²) in [4.78, 5) is 0.672. The molecule has 2 rings (SSSR count). The third-order valence-electron chi connectivity index (χ3n) is 1.98.